The van der Waals surface area contributed by atoms with Crippen molar-refractivity contribution in [2.45, 2.75) is 30.8 Å². The third-order valence-electron chi connectivity index (χ3n) is 4.27. The lowest BCUT2D eigenvalue weighted by molar-refractivity contribution is 0.534. The molecule has 0 saturated carbocycles. The molecule has 1 unspecified atom stereocenters. The molecule has 1 aromatic carbocycles. The summed E-state index contributed by atoms with van der Waals surface area (Å²) >= 11 is 1.55. The Morgan fingerprint density at radius 1 is 1.18 bits per heavy atom. The van der Waals surface area contributed by atoms with Crippen molar-refractivity contribution in [3.63, 3.8) is 0 Å². The molecule has 0 amide bonds. The molecule has 3 aromatic heterocycles. The van der Waals surface area contributed by atoms with Crippen LogP contribution in [0.15, 0.2) is 64.9 Å². The van der Waals surface area contributed by atoms with E-state index >= 15 is 0 Å². The van der Waals surface area contributed by atoms with E-state index in [1.807, 2.05) is 60.9 Å². The molecule has 8 nitrogen and oxygen atoms in total. The highest BCUT2D eigenvalue weighted by Crippen LogP contribution is 2.35. The van der Waals surface area contributed by atoms with E-state index in [-0.39, 0.29) is 5.25 Å². The molecule has 0 N–H and O–H groups in total. The zero-order chi connectivity index (χ0) is 19.5. The van der Waals surface area contributed by atoms with Gasteiger partial charge in [-0.05, 0) is 42.5 Å². The number of nitrogens with zero attached hydrogens (tertiary/aromatic N) is 7. The molecule has 0 aliphatic heterocycles. The Labute approximate surface area is 166 Å². The second-order valence-electron chi connectivity index (χ2n) is 6.14. The first-order valence-corrected chi connectivity index (χ1v) is 9.66. The molecule has 0 aliphatic carbocycles. The maximum Gasteiger partial charge on any atom is 0.192 e. The average molecular weight is 393 g/mol. The van der Waals surface area contributed by atoms with Crippen molar-refractivity contribution >= 4 is 11.8 Å². The highest BCUT2D eigenvalue weighted by Gasteiger charge is 2.22. The Balaban J connectivity index is 1.65. The predicted molar refractivity (Wildman–Crippen MR) is 106 cm³/mol. The van der Waals surface area contributed by atoms with E-state index in [1.54, 1.807) is 22.7 Å². The maximum absolute atomic E-state index is 5.42. The van der Waals surface area contributed by atoms with Crippen LogP contribution in [0.25, 0.3) is 17.1 Å². The van der Waals surface area contributed by atoms with E-state index in [4.69, 9.17) is 4.42 Å². The molecule has 4 aromatic rings. The van der Waals surface area contributed by atoms with E-state index < -0.39 is 0 Å². The van der Waals surface area contributed by atoms with Crippen LogP contribution in [0, 0.1) is 6.92 Å². The number of hydrogen-bond acceptors (Lipinski definition) is 7. The Morgan fingerprint density at radius 3 is 2.71 bits per heavy atom. The van der Waals surface area contributed by atoms with Crippen LogP contribution in [-0.4, -0.2) is 35.0 Å². The number of aromatic nitrogens is 7. The van der Waals surface area contributed by atoms with Gasteiger partial charge in [0.2, 0.25) is 0 Å². The predicted octanol–water partition coefficient (Wildman–Crippen LogP) is 3.86. The maximum atomic E-state index is 5.42. The van der Waals surface area contributed by atoms with Gasteiger partial charge in [0.25, 0.3) is 0 Å². The van der Waals surface area contributed by atoms with Crippen molar-refractivity contribution in [3.8, 4) is 17.1 Å². The molecule has 3 heterocycles. The fourth-order valence-corrected chi connectivity index (χ4v) is 3.84. The van der Waals surface area contributed by atoms with Crippen LogP contribution in [0.2, 0.25) is 0 Å². The summed E-state index contributed by atoms with van der Waals surface area (Å²) in [6.07, 6.45) is 3.48. The Bertz CT molecular complexity index is 1080. The normalized spacial score (nSPS) is 12.2. The summed E-state index contributed by atoms with van der Waals surface area (Å²) in [5.74, 6) is 2.30. The van der Waals surface area contributed by atoms with Crippen molar-refractivity contribution in [2.75, 3.05) is 0 Å². The highest BCUT2D eigenvalue weighted by molar-refractivity contribution is 7.99. The van der Waals surface area contributed by atoms with Crippen LogP contribution in [0.4, 0.5) is 0 Å². The first kappa shape index (κ1) is 18.2. The molecule has 0 aliphatic rings. The molecule has 0 fully saturated rings. The summed E-state index contributed by atoms with van der Waals surface area (Å²) < 4.78 is 9.18. The molecular weight excluding hydrogens is 374 g/mol. The molecule has 1 atom stereocenters. The summed E-state index contributed by atoms with van der Waals surface area (Å²) in [4.78, 5) is 0. The van der Waals surface area contributed by atoms with Crippen molar-refractivity contribution in [1.82, 2.24) is 35.0 Å². The SMILES string of the molecule is C=CCn1c(SC(C)c2nnnn2-c2ccccc2)nnc1-c1ccoc1C. The number of aryl methyl sites for hydroxylation is 1. The number of rotatable bonds is 7. The van der Waals surface area contributed by atoms with Crippen molar-refractivity contribution in [1.29, 1.82) is 0 Å². The number of furan rings is 1. The van der Waals surface area contributed by atoms with Gasteiger partial charge in [-0.1, -0.05) is 36.0 Å². The van der Waals surface area contributed by atoms with Gasteiger partial charge in [-0.3, -0.25) is 4.57 Å². The van der Waals surface area contributed by atoms with E-state index in [9.17, 15) is 0 Å². The van der Waals surface area contributed by atoms with E-state index in [0.717, 1.165) is 33.8 Å². The topological polar surface area (TPSA) is 87.5 Å². The third-order valence-corrected chi connectivity index (χ3v) is 5.35. The molecule has 4 rings (SSSR count). The average Bonchev–Trinajstić information content (AvgIpc) is 3.43. The quantitative estimate of drug-likeness (QED) is 0.348. The summed E-state index contributed by atoms with van der Waals surface area (Å²) in [5, 5.41) is 21.7. The van der Waals surface area contributed by atoms with Gasteiger partial charge < -0.3 is 4.42 Å². The molecule has 0 radical (unpaired) electrons. The molecular formula is C19H19N7OS. The monoisotopic (exact) mass is 393 g/mol. The Hall–Kier alpha value is -3.20. The van der Waals surface area contributed by atoms with Gasteiger partial charge in [0.1, 0.15) is 5.76 Å². The van der Waals surface area contributed by atoms with Crippen LogP contribution < -0.4 is 0 Å². The van der Waals surface area contributed by atoms with Crippen LogP contribution in [-0.2, 0) is 6.54 Å². The lowest BCUT2D eigenvalue weighted by atomic mass is 10.2. The fraction of sp³-hybridized carbons (Fsp3) is 0.211. The number of benzene rings is 1. The minimum Gasteiger partial charge on any atom is -0.469 e. The van der Waals surface area contributed by atoms with Gasteiger partial charge in [0.15, 0.2) is 16.8 Å². The number of para-hydroxylation sites is 1. The Kier molecular flexibility index (Phi) is 5.07. The summed E-state index contributed by atoms with van der Waals surface area (Å²) in [7, 11) is 0. The first-order valence-electron chi connectivity index (χ1n) is 8.78. The summed E-state index contributed by atoms with van der Waals surface area (Å²) in [6.45, 7) is 8.40. The largest absolute Gasteiger partial charge is 0.469 e. The minimum atomic E-state index is -0.0405. The molecule has 142 valence electrons. The summed E-state index contributed by atoms with van der Waals surface area (Å²) in [5.41, 5.74) is 1.83. The van der Waals surface area contributed by atoms with E-state index in [1.165, 1.54) is 0 Å². The number of hydrogen-bond donors (Lipinski definition) is 0. The van der Waals surface area contributed by atoms with Gasteiger partial charge >= 0.3 is 0 Å². The fourth-order valence-electron chi connectivity index (χ4n) is 2.90. The lowest BCUT2D eigenvalue weighted by Crippen LogP contribution is -2.06. The van der Waals surface area contributed by atoms with Crippen LogP contribution in [0.1, 0.15) is 23.8 Å². The lowest BCUT2D eigenvalue weighted by Gasteiger charge is -2.12. The molecule has 0 saturated heterocycles. The van der Waals surface area contributed by atoms with Gasteiger partial charge in [-0.25, -0.2) is 0 Å². The minimum absolute atomic E-state index is 0.0405. The zero-order valence-electron chi connectivity index (χ0n) is 15.6. The van der Waals surface area contributed by atoms with Crippen LogP contribution in [0.3, 0.4) is 0 Å². The van der Waals surface area contributed by atoms with Crippen LogP contribution in [0.5, 0.6) is 0 Å². The van der Waals surface area contributed by atoms with Gasteiger partial charge in [0.05, 0.1) is 22.8 Å². The third kappa shape index (κ3) is 3.36. The molecule has 0 bridgehead atoms. The van der Waals surface area contributed by atoms with Crippen molar-refractivity contribution in [3.05, 3.63) is 66.9 Å². The molecule has 28 heavy (non-hydrogen) atoms. The Morgan fingerprint density at radius 2 is 2.00 bits per heavy atom. The van der Waals surface area contributed by atoms with E-state index in [2.05, 4.69) is 32.3 Å². The highest BCUT2D eigenvalue weighted by atomic mass is 32.2. The van der Waals surface area contributed by atoms with Crippen LogP contribution >= 0.6 is 11.8 Å². The number of allylic oxidation sites excluding steroid dienone is 1. The molecule has 0 spiro atoms. The van der Waals surface area contributed by atoms with Gasteiger partial charge in [0, 0.05) is 6.54 Å². The van der Waals surface area contributed by atoms with E-state index in [0.29, 0.717) is 6.54 Å². The van der Waals surface area contributed by atoms with Crippen molar-refractivity contribution in [2.24, 2.45) is 0 Å². The smallest absolute Gasteiger partial charge is 0.192 e. The first-order chi connectivity index (χ1) is 13.7. The summed E-state index contributed by atoms with van der Waals surface area (Å²) in [6, 6.07) is 11.7. The second-order valence-corrected chi connectivity index (χ2v) is 7.45. The van der Waals surface area contributed by atoms with Crippen molar-refractivity contribution < 1.29 is 4.42 Å². The number of tetrazole rings is 1. The second kappa shape index (κ2) is 7.81. The standard InChI is InChI=1S/C19H19N7OS/c1-4-11-25-18(16-10-12-27-13(16)2)20-22-19(25)28-14(3)17-21-23-24-26(17)15-8-6-5-7-9-15/h4-10,12,14H,1,11H2,2-3H3. The zero-order valence-corrected chi connectivity index (χ0v) is 16.4. The molecule has 9 heteroatoms. The van der Waals surface area contributed by atoms with Gasteiger partial charge in [-0.15, -0.1) is 21.9 Å². The van der Waals surface area contributed by atoms with Gasteiger partial charge in [-0.2, -0.15) is 4.68 Å². The number of thioether (sulfide) groups is 1.